The van der Waals surface area contributed by atoms with E-state index >= 15 is 0 Å². The van der Waals surface area contributed by atoms with Gasteiger partial charge in [-0.25, -0.2) is 4.39 Å². The average molecular weight is 335 g/mol. The monoisotopic (exact) mass is 335 g/mol. The lowest BCUT2D eigenvalue weighted by Crippen LogP contribution is -2.25. The number of hydrogen-bond donors (Lipinski definition) is 0. The van der Waals surface area contributed by atoms with Crippen LogP contribution in [0, 0.1) is 12.7 Å². The Kier molecular flexibility index (Phi) is 3.76. The zero-order valence-corrected chi connectivity index (χ0v) is 14.1. The second-order valence-electron chi connectivity index (χ2n) is 6.16. The van der Waals surface area contributed by atoms with Gasteiger partial charge in [0.2, 0.25) is 0 Å². The number of hydrogen-bond acceptors (Lipinski definition) is 3. The minimum absolute atomic E-state index is 0.222. The van der Waals surface area contributed by atoms with Gasteiger partial charge in [-0.15, -0.1) is 0 Å². The molecule has 0 atom stereocenters. The van der Waals surface area contributed by atoms with Gasteiger partial charge >= 0.3 is 0 Å². The van der Waals surface area contributed by atoms with E-state index in [0.717, 1.165) is 28.9 Å². The van der Waals surface area contributed by atoms with Gasteiger partial charge in [-0.3, -0.25) is 4.68 Å². The number of nitrogens with zero attached hydrogens (tertiary/aromatic N) is 3. The summed E-state index contributed by atoms with van der Waals surface area (Å²) < 4.78 is 21.9. The Hall–Kier alpha value is -3.08. The Morgan fingerprint density at radius 3 is 2.92 bits per heavy atom. The van der Waals surface area contributed by atoms with Gasteiger partial charge in [-0.05, 0) is 36.8 Å². The molecule has 0 aliphatic carbocycles. The quantitative estimate of drug-likeness (QED) is 0.851. The Morgan fingerprint density at radius 1 is 1.28 bits per heavy atom. The van der Waals surface area contributed by atoms with Crippen molar-refractivity contribution in [3.63, 3.8) is 0 Å². The van der Waals surface area contributed by atoms with E-state index in [9.17, 15) is 4.39 Å². The van der Waals surface area contributed by atoms with E-state index in [1.807, 2.05) is 44.5 Å². The molecule has 2 aliphatic heterocycles. The largest absolute Gasteiger partial charge is 0.452 e. The van der Waals surface area contributed by atoms with Crippen molar-refractivity contribution < 1.29 is 9.13 Å². The fraction of sp³-hybridized carbons (Fsp3) is 0.150. The number of rotatable bonds is 3. The molecule has 4 rings (SSSR count). The van der Waals surface area contributed by atoms with Gasteiger partial charge in [-0.2, -0.15) is 5.10 Å². The smallest absolute Gasteiger partial charge is 0.165 e. The van der Waals surface area contributed by atoms with E-state index in [1.165, 1.54) is 6.07 Å². The van der Waals surface area contributed by atoms with Crippen molar-refractivity contribution in [2.24, 2.45) is 7.05 Å². The van der Waals surface area contributed by atoms with Gasteiger partial charge in [0.05, 0.1) is 11.9 Å². The van der Waals surface area contributed by atoms with Gasteiger partial charge in [0, 0.05) is 37.1 Å². The van der Waals surface area contributed by atoms with Crippen molar-refractivity contribution in [1.29, 1.82) is 0 Å². The Bertz CT molecular complexity index is 950. The van der Waals surface area contributed by atoms with E-state index in [0.29, 0.717) is 5.76 Å². The second-order valence-corrected chi connectivity index (χ2v) is 6.16. The minimum Gasteiger partial charge on any atom is -0.452 e. The van der Waals surface area contributed by atoms with E-state index in [4.69, 9.17) is 4.74 Å². The molecule has 1 aromatic carbocycles. The molecule has 3 heterocycles. The lowest BCUT2D eigenvalue weighted by Gasteiger charge is -2.30. The summed E-state index contributed by atoms with van der Waals surface area (Å²) in [6, 6.07) is 4.98. The third-order valence-electron chi connectivity index (χ3n) is 4.18. The molecular formula is C20H18FN3O. The molecule has 126 valence electrons. The molecule has 0 unspecified atom stereocenters. The molecule has 2 aliphatic rings. The van der Waals surface area contributed by atoms with Crippen LogP contribution in [0.15, 0.2) is 72.6 Å². The average Bonchev–Trinajstić information content (AvgIpc) is 3.04. The predicted octanol–water partition coefficient (Wildman–Crippen LogP) is 3.94. The van der Waals surface area contributed by atoms with Crippen LogP contribution in [-0.4, -0.2) is 21.2 Å². The van der Waals surface area contributed by atoms with Crippen molar-refractivity contribution in [3.05, 3.63) is 89.5 Å². The highest BCUT2D eigenvalue weighted by Gasteiger charge is 2.23. The van der Waals surface area contributed by atoms with Crippen LogP contribution in [0.2, 0.25) is 0 Å². The zero-order chi connectivity index (χ0) is 17.4. The molecule has 0 radical (unpaired) electrons. The molecule has 0 bridgehead atoms. The third-order valence-corrected chi connectivity index (χ3v) is 4.18. The number of halogens is 1. The normalized spacial score (nSPS) is 16.1. The number of aryl methyl sites for hydroxylation is 2. The first-order valence-electron chi connectivity index (χ1n) is 8.10. The van der Waals surface area contributed by atoms with Gasteiger partial charge in [0.25, 0.3) is 0 Å². The first-order valence-corrected chi connectivity index (χ1v) is 8.10. The maximum absolute atomic E-state index is 14.2. The van der Waals surface area contributed by atoms with Crippen LogP contribution < -0.4 is 4.74 Å². The molecule has 0 saturated heterocycles. The van der Waals surface area contributed by atoms with Crippen LogP contribution in [0.4, 0.5) is 4.39 Å². The molecule has 0 spiro atoms. The van der Waals surface area contributed by atoms with E-state index in [1.54, 1.807) is 16.9 Å². The van der Waals surface area contributed by atoms with Crippen LogP contribution in [0.5, 0.6) is 5.75 Å². The zero-order valence-electron chi connectivity index (χ0n) is 14.1. The molecular weight excluding hydrogens is 317 g/mol. The first kappa shape index (κ1) is 15.4. The van der Waals surface area contributed by atoms with Gasteiger partial charge in [0.15, 0.2) is 17.3 Å². The van der Waals surface area contributed by atoms with Crippen molar-refractivity contribution in [3.8, 4) is 5.75 Å². The van der Waals surface area contributed by atoms with Crippen molar-refractivity contribution in [1.82, 2.24) is 14.7 Å². The number of ether oxygens (including phenoxy) is 1. The lowest BCUT2D eigenvalue weighted by molar-refractivity contribution is 0.366. The van der Waals surface area contributed by atoms with Gasteiger partial charge in [-0.1, -0.05) is 18.2 Å². The molecule has 0 fully saturated rings. The van der Waals surface area contributed by atoms with Crippen LogP contribution in [0.3, 0.4) is 0 Å². The maximum atomic E-state index is 14.2. The summed E-state index contributed by atoms with van der Waals surface area (Å²) in [5.74, 6) is 0.477. The van der Waals surface area contributed by atoms with E-state index in [-0.39, 0.29) is 11.6 Å². The molecule has 5 heteroatoms. The van der Waals surface area contributed by atoms with Gasteiger partial charge in [0.1, 0.15) is 0 Å². The fourth-order valence-corrected chi connectivity index (χ4v) is 2.91. The topological polar surface area (TPSA) is 30.3 Å². The highest BCUT2D eigenvalue weighted by Crippen LogP contribution is 2.33. The molecule has 1 aromatic heterocycles. The molecule has 0 amide bonds. The van der Waals surface area contributed by atoms with Gasteiger partial charge < -0.3 is 9.64 Å². The van der Waals surface area contributed by atoms with E-state index < -0.39 is 0 Å². The summed E-state index contributed by atoms with van der Waals surface area (Å²) in [5.41, 5.74) is 3.74. The summed E-state index contributed by atoms with van der Waals surface area (Å²) in [7, 11) is 1.88. The molecule has 2 aromatic rings. The summed E-state index contributed by atoms with van der Waals surface area (Å²) in [4.78, 5) is 2.09. The lowest BCUT2D eigenvalue weighted by atomic mass is 10.0. The molecule has 0 saturated carbocycles. The van der Waals surface area contributed by atoms with Crippen LogP contribution in [0.1, 0.15) is 11.1 Å². The van der Waals surface area contributed by atoms with Crippen LogP contribution >= 0.6 is 0 Å². The Balaban J connectivity index is 1.74. The summed E-state index contributed by atoms with van der Waals surface area (Å²) >= 11 is 0. The SMILES string of the molecule is Cc1ccc(OC2=CC(c3cnn(C)c3)=CN3CC=CC=C23)c(F)c1. The van der Waals surface area contributed by atoms with Crippen LogP contribution in [-0.2, 0) is 7.05 Å². The van der Waals surface area contributed by atoms with Crippen LogP contribution in [0.25, 0.3) is 5.57 Å². The number of fused-ring (bicyclic) bond motifs is 1. The number of benzene rings is 1. The standard InChI is InChI=1S/C20H18FN3O/c1-14-6-7-19(17(21)9-14)25-20-10-15(16-11-22-23(2)12-16)13-24-8-4-3-5-18(20)24/h3-7,9-13H,8H2,1-2H3. The number of allylic oxidation sites excluding steroid dienone is 4. The second kappa shape index (κ2) is 6.09. The molecule has 4 nitrogen and oxygen atoms in total. The maximum Gasteiger partial charge on any atom is 0.165 e. The fourth-order valence-electron chi connectivity index (χ4n) is 2.91. The number of aromatic nitrogens is 2. The Morgan fingerprint density at radius 2 is 2.16 bits per heavy atom. The highest BCUT2D eigenvalue weighted by molar-refractivity contribution is 5.76. The highest BCUT2D eigenvalue weighted by atomic mass is 19.1. The van der Waals surface area contributed by atoms with Crippen molar-refractivity contribution >= 4 is 5.57 Å². The summed E-state index contributed by atoms with van der Waals surface area (Å²) in [6.07, 6.45) is 13.8. The third kappa shape index (κ3) is 3.01. The summed E-state index contributed by atoms with van der Waals surface area (Å²) in [6.45, 7) is 2.60. The van der Waals surface area contributed by atoms with Crippen molar-refractivity contribution in [2.75, 3.05) is 6.54 Å². The molecule has 0 N–H and O–H groups in total. The summed E-state index contributed by atoms with van der Waals surface area (Å²) in [5, 5.41) is 4.23. The first-order chi connectivity index (χ1) is 12.1. The molecule has 25 heavy (non-hydrogen) atoms. The van der Waals surface area contributed by atoms with E-state index in [2.05, 4.69) is 22.3 Å². The Labute approximate surface area is 145 Å². The minimum atomic E-state index is -0.364. The van der Waals surface area contributed by atoms with Crippen molar-refractivity contribution in [2.45, 2.75) is 6.92 Å². The predicted molar refractivity (Wildman–Crippen MR) is 95.0 cm³/mol.